The van der Waals surface area contributed by atoms with Crippen LogP contribution in [0.2, 0.25) is 0 Å². The number of nitrogens with two attached hydrogens (primary N) is 1. The third kappa shape index (κ3) is 2.90. The molecule has 0 radical (unpaired) electrons. The zero-order valence-electron chi connectivity index (χ0n) is 12.8. The highest BCUT2D eigenvalue weighted by Gasteiger charge is 2.27. The van der Waals surface area contributed by atoms with Crippen molar-refractivity contribution in [2.75, 3.05) is 12.4 Å². The predicted octanol–water partition coefficient (Wildman–Crippen LogP) is 2.80. The number of thioether (sulfide) groups is 1. The predicted molar refractivity (Wildman–Crippen MR) is 91.5 cm³/mol. The van der Waals surface area contributed by atoms with Crippen molar-refractivity contribution in [1.82, 2.24) is 14.9 Å². The number of rotatable bonds is 4. The van der Waals surface area contributed by atoms with E-state index < -0.39 is 0 Å². The maximum atomic E-state index is 6.15. The summed E-state index contributed by atoms with van der Waals surface area (Å²) in [5.74, 6) is 8.91. The first kappa shape index (κ1) is 14.9. The van der Waals surface area contributed by atoms with Crippen molar-refractivity contribution in [2.24, 2.45) is 0 Å². The quantitative estimate of drug-likeness (QED) is 0.581. The van der Waals surface area contributed by atoms with Gasteiger partial charge in [-0.05, 0) is 17.7 Å². The molecule has 1 aromatic heterocycles. The first-order valence-corrected chi connectivity index (χ1v) is 8.55. The SMILES string of the molecule is Nn1c(SCc2ccccc2)nnc1[C@H]1COc2ccccc2O1. The number of benzene rings is 2. The molecule has 6 nitrogen and oxygen atoms in total. The Kier molecular flexibility index (Phi) is 4.00. The lowest BCUT2D eigenvalue weighted by atomic mass is 10.2. The van der Waals surface area contributed by atoms with E-state index >= 15 is 0 Å². The lowest BCUT2D eigenvalue weighted by molar-refractivity contribution is 0.0830. The fraction of sp³-hybridized carbons (Fsp3) is 0.176. The molecule has 122 valence electrons. The van der Waals surface area contributed by atoms with Crippen LogP contribution in [0.1, 0.15) is 17.5 Å². The molecule has 2 heterocycles. The Hall–Kier alpha value is -2.67. The molecule has 0 aliphatic carbocycles. The molecule has 0 saturated heterocycles. The van der Waals surface area contributed by atoms with Crippen LogP contribution in [0.4, 0.5) is 0 Å². The van der Waals surface area contributed by atoms with Crippen LogP contribution in [0.15, 0.2) is 59.8 Å². The van der Waals surface area contributed by atoms with Crippen molar-refractivity contribution in [2.45, 2.75) is 17.0 Å². The van der Waals surface area contributed by atoms with Gasteiger partial charge in [-0.15, -0.1) is 10.2 Å². The van der Waals surface area contributed by atoms with Gasteiger partial charge in [0.15, 0.2) is 23.4 Å². The van der Waals surface area contributed by atoms with E-state index in [9.17, 15) is 0 Å². The molecule has 1 atom stereocenters. The molecule has 0 bridgehead atoms. The zero-order chi connectivity index (χ0) is 16.4. The summed E-state index contributed by atoms with van der Waals surface area (Å²) in [5, 5.41) is 9.01. The van der Waals surface area contributed by atoms with E-state index in [1.54, 1.807) is 0 Å². The summed E-state index contributed by atoms with van der Waals surface area (Å²) in [7, 11) is 0. The van der Waals surface area contributed by atoms with Crippen LogP contribution in [0, 0.1) is 0 Å². The summed E-state index contributed by atoms with van der Waals surface area (Å²) in [6.07, 6.45) is -0.372. The Labute approximate surface area is 143 Å². The molecule has 2 aromatic carbocycles. The van der Waals surface area contributed by atoms with Gasteiger partial charge in [0, 0.05) is 5.75 Å². The largest absolute Gasteiger partial charge is 0.485 e. The Morgan fingerprint density at radius 2 is 1.79 bits per heavy atom. The molecule has 7 heteroatoms. The van der Waals surface area contributed by atoms with Crippen molar-refractivity contribution in [3.63, 3.8) is 0 Å². The van der Waals surface area contributed by atoms with E-state index in [2.05, 4.69) is 22.3 Å². The Balaban J connectivity index is 1.49. The van der Waals surface area contributed by atoms with Crippen LogP contribution < -0.4 is 15.3 Å². The van der Waals surface area contributed by atoms with E-state index in [4.69, 9.17) is 15.3 Å². The summed E-state index contributed by atoms with van der Waals surface area (Å²) in [6.45, 7) is 0.357. The second kappa shape index (κ2) is 6.45. The van der Waals surface area contributed by atoms with Gasteiger partial charge < -0.3 is 15.3 Å². The van der Waals surface area contributed by atoms with Gasteiger partial charge in [-0.1, -0.05) is 54.2 Å². The molecule has 0 saturated carbocycles. The molecule has 1 aliphatic heterocycles. The van der Waals surface area contributed by atoms with Crippen LogP contribution in [0.25, 0.3) is 0 Å². The second-order valence-electron chi connectivity index (χ2n) is 5.35. The minimum absolute atomic E-state index is 0.357. The standard InChI is InChI=1S/C17H16N4O2S/c18-21-16(15-10-22-13-8-4-5-9-14(13)23-15)19-20-17(21)24-11-12-6-2-1-3-7-12/h1-9,15H,10-11,18H2/t15-/m1/s1. The number of fused-ring (bicyclic) bond motifs is 1. The van der Waals surface area contributed by atoms with Gasteiger partial charge in [-0.3, -0.25) is 0 Å². The molecule has 24 heavy (non-hydrogen) atoms. The van der Waals surface area contributed by atoms with Crippen LogP contribution in [-0.4, -0.2) is 21.5 Å². The number of nitrogens with zero attached hydrogens (tertiary/aromatic N) is 3. The minimum Gasteiger partial charge on any atom is -0.485 e. The van der Waals surface area contributed by atoms with E-state index in [1.165, 1.54) is 22.0 Å². The summed E-state index contributed by atoms with van der Waals surface area (Å²) in [6, 6.07) is 17.7. The van der Waals surface area contributed by atoms with Gasteiger partial charge in [-0.25, -0.2) is 4.68 Å². The van der Waals surface area contributed by atoms with E-state index in [1.807, 2.05) is 42.5 Å². The maximum absolute atomic E-state index is 6.15. The molecule has 4 rings (SSSR count). The van der Waals surface area contributed by atoms with Gasteiger partial charge in [0.1, 0.15) is 6.61 Å². The van der Waals surface area contributed by atoms with Crippen LogP contribution >= 0.6 is 11.8 Å². The first-order valence-electron chi connectivity index (χ1n) is 7.57. The van der Waals surface area contributed by atoms with Gasteiger partial charge in [0.25, 0.3) is 0 Å². The van der Waals surface area contributed by atoms with Crippen molar-refractivity contribution in [3.05, 3.63) is 66.0 Å². The van der Waals surface area contributed by atoms with Crippen molar-refractivity contribution < 1.29 is 9.47 Å². The topological polar surface area (TPSA) is 75.2 Å². The number of nitrogen functional groups attached to an aromatic ring is 1. The number of hydrogen-bond acceptors (Lipinski definition) is 6. The summed E-state index contributed by atoms with van der Waals surface area (Å²) in [4.78, 5) is 0. The summed E-state index contributed by atoms with van der Waals surface area (Å²) < 4.78 is 13.1. The van der Waals surface area contributed by atoms with Crippen LogP contribution in [0.5, 0.6) is 11.5 Å². The first-order chi connectivity index (χ1) is 11.8. The average molecular weight is 340 g/mol. The van der Waals surface area contributed by atoms with Crippen LogP contribution in [0.3, 0.4) is 0 Å². The van der Waals surface area contributed by atoms with Crippen LogP contribution in [-0.2, 0) is 5.75 Å². The second-order valence-corrected chi connectivity index (χ2v) is 6.29. The minimum atomic E-state index is -0.372. The number of ether oxygens (including phenoxy) is 2. The highest BCUT2D eigenvalue weighted by atomic mass is 32.2. The molecule has 2 N–H and O–H groups in total. The third-order valence-corrected chi connectivity index (χ3v) is 4.71. The van der Waals surface area contributed by atoms with Crippen molar-refractivity contribution in [1.29, 1.82) is 0 Å². The molecule has 0 unspecified atom stereocenters. The summed E-state index contributed by atoms with van der Waals surface area (Å²) in [5.41, 5.74) is 1.21. The lowest BCUT2D eigenvalue weighted by Crippen LogP contribution is -2.27. The molecule has 0 spiro atoms. The Morgan fingerprint density at radius 3 is 2.62 bits per heavy atom. The van der Waals surface area contributed by atoms with Gasteiger partial charge >= 0.3 is 0 Å². The molecule has 0 amide bonds. The fourth-order valence-electron chi connectivity index (χ4n) is 2.48. The van der Waals surface area contributed by atoms with E-state index in [0.29, 0.717) is 23.3 Å². The average Bonchev–Trinajstić information content (AvgIpc) is 3.01. The van der Waals surface area contributed by atoms with Gasteiger partial charge in [0.05, 0.1) is 0 Å². The Bertz CT molecular complexity index is 838. The number of para-hydroxylation sites is 2. The van der Waals surface area contributed by atoms with Gasteiger partial charge in [-0.2, -0.15) is 0 Å². The Morgan fingerprint density at radius 1 is 1.04 bits per heavy atom. The number of hydrogen-bond donors (Lipinski definition) is 1. The van der Waals surface area contributed by atoms with E-state index in [-0.39, 0.29) is 6.10 Å². The molecule has 1 aliphatic rings. The highest BCUT2D eigenvalue weighted by Crippen LogP contribution is 2.35. The third-order valence-electron chi connectivity index (χ3n) is 3.70. The smallest absolute Gasteiger partial charge is 0.210 e. The molecule has 3 aromatic rings. The van der Waals surface area contributed by atoms with Gasteiger partial charge in [0.2, 0.25) is 5.16 Å². The van der Waals surface area contributed by atoms with Crippen molar-refractivity contribution >= 4 is 11.8 Å². The monoisotopic (exact) mass is 340 g/mol. The highest BCUT2D eigenvalue weighted by molar-refractivity contribution is 7.98. The van der Waals surface area contributed by atoms with E-state index in [0.717, 1.165) is 11.5 Å². The lowest BCUT2D eigenvalue weighted by Gasteiger charge is -2.25. The molecular weight excluding hydrogens is 324 g/mol. The summed E-state index contributed by atoms with van der Waals surface area (Å²) >= 11 is 1.54. The van der Waals surface area contributed by atoms with Crippen molar-refractivity contribution in [3.8, 4) is 11.5 Å². The number of aromatic nitrogens is 3. The normalized spacial score (nSPS) is 16.1. The zero-order valence-corrected chi connectivity index (χ0v) is 13.6. The molecular formula is C17H16N4O2S. The fourth-order valence-corrected chi connectivity index (χ4v) is 3.29. The maximum Gasteiger partial charge on any atom is 0.210 e. The molecule has 0 fully saturated rings.